The van der Waals surface area contributed by atoms with Crippen molar-refractivity contribution < 1.29 is 26.3 Å². The lowest BCUT2D eigenvalue weighted by Crippen LogP contribution is -2.49. The number of hydrogen-bond donors (Lipinski definition) is 2. The molecule has 0 radical (unpaired) electrons. The van der Waals surface area contributed by atoms with Crippen LogP contribution in [0.4, 0.5) is 24.7 Å². The van der Waals surface area contributed by atoms with Gasteiger partial charge in [-0.3, -0.25) is 4.90 Å². The molecule has 0 unspecified atom stereocenters. The molecule has 1 aromatic carbocycles. The van der Waals surface area contributed by atoms with Crippen LogP contribution in [0.15, 0.2) is 41.4 Å². The molecule has 33 heavy (non-hydrogen) atoms. The van der Waals surface area contributed by atoms with Crippen LogP contribution in [-0.4, -0.2) is 70.5 Å². The van der Waals surface area contributed by atoms with Crippen LogP contribution in [0.25, 0.3) is 0 Å². The molecule has 0 aliphatic carbocycles. The van der Waals surface area contributed by atoms with E-state index in [4.69, 9.17) is 0 Å². The Morgan fingerprint density at radius 2 is 1.82 bits per heavy atom. The predicted octanol–water partition coefficient (Wildman–Crippen LogP) is 2.44. The summed E-state index contributed by atoms with van der Waals surface area (Å²) in [6, 6.07) is 6.19. The molecule has 0 spiro atoms. The second-order valence-corrected chi connectivity index (χ2v) is 9.71. The monoisotopic (exact) mass is 485 g/mol. The average molecular weight is 486 g/mol. The van der Waals surface area contributed by atoms with Gasteiger partial charge in [0.2, 0.25) is 10.0 Å². The third-order valence-corrected chi connectivity index (χ3v) is 7.18. The van der Waals surface area contributed by atoms with E-state index in [1.165, 1.54) is 5.56 Å². The first-order chi connectivity index (χ1) is 15.7. The number of aryl methyl sites for hydroxylation is 1. The number of nitrogens with zero attached hydrogens (tertiary/aromatic N) is 3. The minimum atomic E-state index is -4.82. The van der Waals surface area contributed by atoms with Crippen molar-refractivity contribution in [1.82, 2.24) is 14.6 Å². The van der Waals surface area contributed by atoms with E-state index in [0.29, 0.717) is 6.54 Å². The number of hydrogen-bond acceptors (Lipinski definition) is 7. The van der Waals surface area contributed by atoms with Crippen LogP contribution >= 0.6 is 0 Å². The molecule has 0 saturated carbocycles. The van der Waals surface area contributed by atoms with Crippen molar-refractivity contribution in [2.45, 2.75) is 24.1 Å². The highest BCUT2D eigenvalue weighted by molar-refractivity contribution is 7.89. The second kappa shape index (κ2) is 9.74. The van der Waals surface area contributed by atoms with Crippen molar-refractivity contribution in [3.63, 3.8) is 0 Å². The van der Waals surface area contributed by atoms with E-state index < -0.39 is 22.1 Å². The van der Waals surface area contributed by atoms with Gasteiger partial charge in [-0.15, -0.1) is 13.2 Å². The fraction of sp³-hybridized carbons (Fsp3) is 0.476. The van der Waals surface area contributed by atoms with Crippen LogP contribution in [0.5, 0.6) is 5.75 Å². The van der Waals surface area contributed by atoms with Crippen molar-refractivity contribution in [3.05, 3.63) is 42.1 Å². The third kappa shape index (κ3) is 6.06. The van der Waals surface area contributed by atoms with Crippen LogP contribution in [0.2, 0.25) is 0 Å². The zero-order valence-corrected chi connectivity index (χ0v) is 18.8. The number of pyridine rings is 1. The first-order valence-corrected chi connectivity index (χ1v) is 12.2. The van der Waals surface area contributed by atoms with Gasteiger partial charge in [-0.2, -0.15) is 0 Å². The topological polar surface area (TPSA) is 86.8 Å². The van der Waals surface area contributed by atoms with E-state index >= 15 is 0 Å². The molecule has 0 bridgehead atoms. The third-order valence-electron chi connectivity index (χ3n) is 5.70. The van der Waals surface area contributed by atoms with E-state index in [9.17, 15) is 21.6 Å². The molecule has 1 saturated heterocycles. The summed E-state index contributed by atoms with van der Waals surface area (Å²) in [5.74, 6) is 0.509. The number of nitrogens with one attached hydrogen (secondary N) is 2. The first-order valence-electron chi connectivity index (χ1n) is 10.8. The van der Waals surface area contributed by atoms with Gasteiger partial charge < -0.3 is 15.0 Å². The fourth-order valence-electron chi connectivity index (χ4n) is 4.05. The van der Waals surface area contributed by atoms with Gasteiger partial charge >= 0.3 is 6.36 Å². The number of fused-ring (bicyclic) bond motifs is 1. The van der Waals surface area contributed by atoms with E-state index in [-0.39, 0.29) is 11.4 Å². The Balaban J connectivity index is 1.26. The van der Waals surface area contributed by atoms with Crippen LogP contribution in [-0.2, 0) is 16.4 Å². The normalized spacial score (nSPS) is 17.4. The number of piperazine rings is 1. The van der Waals surface area contributed by atoms with Crippen molar-refractivity contribution in [3.8, 4) is 5.75 Å². The van der Waals surface area contributed by atoms with Gasteiger partial charge in [0.05, 0.1) is 10.6 Å². The van der Waals surface area contributed by atoms with Crippen LogP contribution < -0.4 is 19.7 Å². The Hall–Kier alpha value is -2.57. The molecule has 1 aromatic heterocycles. The van der Waals surface area contributed by atoms with Gasteiger partial charge in [0.1, 0.15) is 5.75 Å². The zero-order chi connectivity index (χ0) is 23.5. The Morgan fingerprint density at radius 1 is 1.09 bits per heavy atom. The molecule has 1 fully saturated rings. The summed E-state index contributed by atoms with van der Waals surface area (Å²) in [6.45, 7) is 4.80. The second-order valence-electron chi connectivity index (χ2n) is 7.94. The Morgan fingerprint density at radius 3 is 2.52 bits per heavy atom. The van der Waals surface area contributed by atoms with Gasteiger partial charge in [0, 0.05) is 52.0 Å². The van der Waals surface area contributed by atoms with Gasteiger partial charge in [0.15, 0.2) is 5.82 Å². The van der Waals surface area contributed by atoms with Gasteiger partial charge in [-0.1, -0.05) is 0 Å². The molecule has 180 valence electrons. The zero-order valence-electron chi connectivity index (χ0n) is 17.9. The number of ether oxygens (including phenoxy) is 1. The molecular weight excluding hydrogens is 459 g/mol. The summed E-state index contributed by atoms with van der Waals surface area (Å²) < 4.78 is 67.9. The van der Waals surface area contributed by atoms with Crippen molar-refractivity contribution in [1.29, 1.82) is 0 Å². The summed E-state index contributed by atoms with van der Waals surface area (Å²) in [7, 11) is -3.83. The molecule has 2 aliphatic heterocycles. The van der Waals surface area contributed by atoms with Crippen LogP contribution in [0.3, 0.4) is 0 Å². The molecule has 2 N–H and O–H groups in total. The number of alkyl halides is 3. The van der Waals surface area contributed by atoms with Gasteiger partial charge in [-0.05, 0) is 48.7 Å². The summed E-state index contributed by atoms with van der Waals surface area (Å²) in [4.78, 5) is 8.88. The number of rotatable bonds is 7. The number of halogens is 3. The highest BCUT2D eigenvalue weighted by atomic mass is 32.2. The summed E-state index contributed by atoms with van der Waals surface area (Å²) in [5, 5.41) is 3.46. The maximum Gasteiger partial charge on any atom is 0.573 e. The predicted molar refractivity (Wildman–Crippen MR) is 118 cm³/mol. The maximum atomic E-state index is 12.4. The van der Waals surface area contributed by atoms with Crippen LogP contribution in [0, 0.1) is 0 Å². The van der Waals surface area contributed by atoms with Gasteiger partial charge in [-0.25, -0.2) is 18.1 Å². The largest absolute Gasteiger partial charge is 0.573 e. The van der Waals surface area contributed by atoms with Crippen molar-refractivity contribution in [2.75, 3.05) is 56.0 Å². The van der Waals surface area contributed by atoms with E-state index in [0.717, 1.165) is 81.3 Å². The van der Waals surface area contributed by atoms with E-state index in [1.807, 2.05) is 6.20 Å². The lowest BCUT2D eigenvalue weighted by Gasteiger charge is -2.37. The number of anilines is 2. The van der Waals surface area contributed by atoms with Crippen LogP contribution in [0.1, 0.15) is 12.0 Å². The van der Waals surface area contributed by atoms with Gasteiger partial charge in [0.25, 0.3) is 0 Å². The minimum absolute atomic E-state index is 0.116. The highest BCUT2D eigenvalue weighted by Crippen LogP contribution is 2.31. The van der Waals surface area contributed by atoms with E-state index in [2.05, 4.69) is 35.6 Å². The minimum Gasteiger partial charge on any atom is -0.406 e. The summed E-state index contributed by atoms with van der Waals surface area (Å²) >= 11 is 0. The Labute approximate surface area is 190 Å². The lowest BCUT2D eigenvalue weighted by molar-refractivity contribution is -0.274. The molecule has 0 atom stereocenters. The summed E-state index contributed by atoms with van der Waals surface area (Å²) in [5.41, 5.74) is 2.41. The molecule has 0 amide bonds. The quantitative estimate of drug-likeness (QED) is 0.623. The number of sulfonamides is 1. The number of benzene rings is 1. The summed E-state index contributed by atoms with van der Waals surface area (Å²) in [6.07, 6.45) is -0.805. The smallest absolute Gasteiger partial charge is 0.406 e. The molecule has 2 aromatic rings. The highest BCUT2D eigenvalue weighted by Gasteiger charge is 2.31. The Kier molecular flexibility index (Phi) is 6.96. The standard InChI is InChI=1S/C21H26F3N5O3S/c22-21(23,24)32-17-3-5-18(6-4-17)33(30,31)27-10-11-28-12-14-29(15-13-28)20-19-16(7-9-26-20)2-1-8-25-19/h3-7,9,25,27H,1-2,8,10-15H2. The maximum absolute atomic E-state index is 12.4. The SMILES string of the molecule is O=S(=O)(NCCN1CCN(c2nccc3c2NCCC3)CC1)c1ccc(OC(F)(F)F)cc1. The molecule has 4 rings (SSSR count). The molecule has 8 nitrogen and oxygen atoms in total. The average Bonchev–Trinajstić information content (AvgIpc) is 2.78. The molecule has 3 heterocycles. The molecular formula is C21H26F3N5O3S. The van der Waals surface area contributed by atoms with Crippen molar-refractivity contribution >= 4 is 21.5 Å². The molecule has 12 heteroatoms. The lowest BCUT2D eigenvalue weighted by atomic mass is 10.0. The molecule has 2 aliphatic rings. The van der Waals surface area contributed by atoms with Crippen molar-refractivity contribution in [2.24, 2.45) is 0 Å². The fourth-order valence-corrected chi connectivity index (χ4v) is 5.07. The Bertz CT molecular complexity index is 1060. The number of aromatic nitrogens is 1. The first kappa shape index (κ1) is 23.6. The van der Waals surface area contributed by atoms with E-state index in [1.54, 1.807) is 0 Å².